The second-order valence-electron chi connectivity index (χ2n) is 5.37. The van der Waals surface area contributed by atoms with E-state index in [1.54, 1.807) is 20.0 Å². The van der Waals surface area contributed by atoms with Crippen LogP contribution in [0.2, 0.25) is 0 Å². The monoisotopic (exact) mass is 408 g/mol. The van der Waals surface area contributed by atoms with Crippen LogP contribution < -0.4 is 25.6 Å². The Bertz CT molecular complexity index is 883. The highest BCUT2D eigenvalue weighted by Crippen LogP contribution is 2.27. The number of ether oxygens (including phenoxy) is 3. The third-order valence-electron chi connectivity index (χ3n) is 3.59. The van der Waals surface area contributed by atoms with Crippen molar-refractivity contribution in [2.45, 2.75) is 6.92 Å². The van der Waals surface area contributed by atoms with Crippen LogP contribution in [0.1, 0.15) is 26.4 Å². The molecule has 3 N–H and O–H groups in total. The van der Waals surface area contributed by atoms with Gasteiger partial charge in [-0.25, -0.2) is 4.79 Å². The number of anilines is 1. The van der Waals surface area contributed by atoms with Crippen molar-refractivity contribution in [3.8, 4) is 11.5 Å². The SMILES string of the molecule is CNc1snc(C)c1C(=O)OCC(=O)NNC(=O)c1ccc(OC)c(OC)c1. The fourth-order valence-electron chi connectivity index (χ4n) is 2.20. The van der Waals surface area contributed by atoms with Crippen molar-refractivity contribution in [2.24, 2.45) is 0 Å². The maximum absolute atomic E-state index is 12.1. The fraction of sp³-hybridized carbons (Fsp3) is 0.294. The summed E-state index contributed by atoms with van der Waals surface area (Å²) >= 11 is 1.12. The van der Waals surface area contributed by atoms with Crippen molar-refractivity contribution in [1.82, 2.24) is 15.2 Å². The molecular formula is C17H20N4O6S. The second kappa shape index (κ2) is 9.55. The van der Waals surface area contributed by atoms with Crippen molar-refractivity contribution >= 4 is 34.3 Å². The zero-order valence-corrected chi connectivity index (χ0v) is 16.6. The molecule has 0 aliphatic rings. The minimum absolute atomic E-state index is 0.244. The van der Waals surface area contributed by atoms with Gasteiger partial charge >= 0.3 is 5.97 Å². The second-order valence-corrected chi connectivity index (χ2v) is 6.14. The van der Waals surface area contributed by atoms with Crippen LogP contribution in [-0.4, -0.2) is 50.0 Å². The lowest BCUT2D eigenvalue weighted by Gasteiger charge is -2.11. The van der Waals surface area contributed by atoms with Crippen molar-refractivity contribution in [3.05, 3.63) is 35.0 Å². The maximum Gasteiger partial charge on any atom is 0.343 e. The van der Waals surface area contributed by atoms with Gasteiger partial charge in [0.15, 0.2) is 18.1 Å². The van der Waals surface area contributed by atoms with E-state index >= 15 is 0 Å². The number of benzene rings is 1. The number of aromatic nitrogens is 1. The van der Waals surface area contributed by atoms with E-state index in [1.165, 1.54) is 26.4 Å². The molecule has 0 bridgehead atoms. The molecule has 1 aromatic carbocycles. The standard InChI is InChI=1S/C17H20N4O6S/c1-9-14(16(18-2)28-21-9)17(24)27-8-13(22)19-20-15(23)10-5-6-11(25-3)12(7-10)26-4/h5-7,18H,8H2,1-4H3,(H,19,22)(H,20,23). The number of amides is 2. The van der Waals surface area contributed by atoms with Crippen LogP contribution in [0.4, 0.5) is 5.00 Å². The molecule has 1 heterocycles. The van der Waals surface area contributed by atoms with E-state index < -0.39 is 24.4 Å². The Morgan fingerprint density at radius 3 is 2.46 bits per heavy atom. The van der Waals surface area contributed by atoms with Gasteiger partial charge in [-0.15, -0.1) is 0 Å². The highest BCUT2D eigenvalue weighted by atomic mass is 32.1. The van der Waals surface area contributed by atoms with Crippen LogP contribution in [0.5, 0.6) is 11.5 Å². The molecular weight excluding hydrogens is 388 g/mol. The Labute approximate surface area is 165 Å². The Kier molecular flexibility index (Phi) is 7.15. The number of aryl methyl sites for hydroxylation is 1. The highest BCUT2D eigenvalue weighted by Gasteiger charge is 2.20. The number of carbonyl (C=O) groups excluding carboxylic acids is 3. The van der Waals surface area contributed by atoms with Gasteiger partial charge in [-0.05, 0) is 36.7 Å². The summed E-state index contributed by atoms with van der Waals surface area (Å²) < 4.78 is 19.2. The Morgan fingerprint density at radius 2 is 1.82 bits per heavy atom. The molecule has 0 atom stereocenters. The van der Waals surface area contributed by atoms with Gasteiger partial charge in [0, 0.05) is 12.6 Å². The van der Waals surface area contributed by atoms with Crippen LogP contribution in [0, 0.1) is 6.92 Å². The van der Waals surface area contributed by atoms with E-state index in [0.29, 0.717) is 22.2 Å². The quantitative estimate of drug-likeness (QED) is 0.459. The van der Waals surface area contributed by atoms with Crippen molar-refractivity contribution in [1.29, 1.82) is 0 Å². The normalized spacial score (nSPS) is 10.0. The van der Waals surface area contributed by atoms with Gasteiger partial charge in [0.2, 0.25) is 0 Å². The van der Waals surface area contributed by atoms with Gasteiger partial charge in [-0.3, -0.25) is 20.4 Å². The summed E-state index contributed by atoms with van der Waals surface area (Å²) in [5.74, 6) is -1.12. The molecule has 2 amide bonds. The molecule has 0 saturated heterocycles. The van der Waals surface area contributed by atoms with Gasteiger partial charge in [0.25, 0.3) is 11.8 Å². The van der Waals surface area contributed by atoms with E-state index in [4.69, 9.17) is 14.2 Å². The van der Waals surface area contributed by atoms with Crippen LogP contribution in [-0.2, 0) is 9.53 Å². The number of hydrogen-bond acceptors (Lipinski definition) is 9. The first kappa shape index (κ1) is 21.0. The Balaban J connectivity index is 1.87. The molecule has 0 saturated carbocycles. The van der Waals surface area contributed by atoms with Gasteiger partial charge in [-0.1, -0.05) is 0 Å². The molecule has 0 spiro atoms. The third-order valence-corrected chi connectivity index (χ3v) is 4.55. The number of carbonyl (C=O) groups is 3. The summed E-state index contributed by atoms with van der Waals surface area (Å²) in [7, 11) is 4.58. The van der Waals surface area contributed by atoms with E-state index in [9.17, 15) is 14.4 Å². The van der Waals surface area contributed by atoms with Gasteiger partial charge in [0.05, 0.1) is 19.9 Å². The summed E-state index contributed by atoms with van der Waals surface area (Å²) in [6.45, 7) is 1.10. The largest absolute Gasteiger partial charge is 0.493 e. The maximum atomic E-state index is 12.1. The van der Waals surface area contributed by atoms with Crippen molar-refractivity contribution in [3.63, 3.8) is 0 Å². The molecule has 150 valence electrons. The zero-order valence-electron chi connectivity index (χ0n) is 15.7. The summed E-state index contributed by atoms with van der Waals surface area (Å²) in [5, 5.41) is 3.39. The van der Waals surface area contributed by atoms with E-state index in [-0.39, 0.29) is 11.1 Å². The lowest BCUT2D eigenvalue weighted by atomic mass is 10.2. The van der Waals surface area contributed by atoms with Gasteiger partial charge in [0.1, 0.15) is 10.6 Å². The fourth-order valence-corrected chi connectivity index (χ4v) is 2.93. The highest BCUT2D eigenvalue weighted by molar-refractivity contribution is 7.10. The van der Waals surface area contributed by atoms with Crippen LogP contribution >= 0.6 is 11.5 Å². The number of nitrogens with zero attached hydrogens (tertiary/aromatic N) is 1. The number of esters is 1. The van der Waals surface area contributed by atoms with E-state index in [1.807, 2.05) is 0 Å². The minimum Gasteiger partial charge on any atom is -0.493 e. The van der Waals surface area contributed by atoms with Crippen LogP contribution in [0.15, 0.2) is 18.2 Å². The summed E-state index contributed by atoms with van der Waals surface area (Å²) in [5.41, 5.74) is 5.42. The average molecular weight is 408 g/mol. The predicted octanol–water partition coefficient (Wildman–Crippen LogP) is 1.13. The summed E-state index contributed by atoms with van der Waals surface area (Å²) in [4.78, 5) is 36.1. The smallest absolute Gasteiger partial charge is 0.343 e. The zero-order chi connectivity index (χ0) is 20.7. The number of methoxy groups -OCH3 is 2. The van der Waals surface area contributed by atoms with E-state index in [2.05, 4.69) is 20.5 Å². The van der Waals surface area contributed by atoms with Crippen LogP contribution in [0.25, 0.3) is 0 Å². The van der Waals surface area contributed by atoms with Crippen molar-refractivity contribution in [2.75, 3.05) is 33.2 Å². The first-order chi connectivity index (χ1) is 13.4. The molecule has 0 aliphatic carbocycles. The summed E-state index contributed by atoms with van der Waals surface area (Å²) in [6.07, 6.45) is 0. The first-order valence-corrected chi connectivity index (χ1v) is 8.81. The minimum atomic E-state index is -0.700. The van der Waals surface area contributed by atoms with E-state index in [0.717, 1.165) is 11.5 Å². The number of rotatable bonds is 7. The number of nitrogens with one attached hydrogen (secondary N) is 3. The number of hydrazine groups is 1. The summed E-state index contributed by atoms with van der Waals surface area (Å²) in [6, 6.07) is 4.54. The lowest BCUT2D eigenvalue weighted by Crippen LogP contribution is -2.43. The average Bonchev–Trinajstić information content (AvgIpc) is 3.10. The van der Waals surface area contributed by atoms with Crippen LogP contribution in [0.3, 0.4) is 0 Å². The first-order valence-electron chi connectivity index (χ1n) is 8.03. The molecule has 11 heteroatoms. The molecule has 0 unspecified atom stereocenters. The molecule has 2 rings (SSSR count). The molecule has 28 heavy (non-hydrogen) atoms. The Hall–Kier alpha value is -3.34. The number of hydrogen-bond donors (Lipinski definition) is 3. The molecule has 10 nitrogen and oxygen atoms in total. The van der Waals surface area contributed by atoms with Gasteiger partial charge < -0.3 is 19.5 Å². The molecule has 2 aromatic rings. The van der Waals surface area contributed by atoms with Crippen molar-refractivity contribution < 1.29 is 28.6 Å². The molecule has 0 fully saturated rings. The third kappa shape index (κ3) is 4.88. The predicted molar refractivity (Wildman–Crippen MR) is 102 cm³/mol. The topological polar surface area (TPSA) is 128 Å². The molecule has 1 aromatic heterocycles. The molecule has 0 aliphatic heterocycles. The van der Waals surface area contributed by atoms with Gasteiger partial charge in [-0.2, -0.15) is 4.37 Å². The molecule has 0 radical (unpaired) electrons. The Morgan fingerprint density at radius 1 is 1.11 bits per heavy atom. The lowest BCUT2D eigenvalue weighted by molar-refractivity contribution is -0.125.